The molecule has 1 heterocycles. The molecule has 0 saturated carbocycles. The van der Waals surface area contributed by atoms with Crippen LogP contribution in [0.1, 0.15) is 54.9 Å². The summed E-state index contributed by atoms with van der Waals surface area (Å²) in [6.45, 7) is 14.5. The molecule has 0 aliphatic carbocycles. The van der Waals surface area contributed by atoms with Gasteiger partial charge in [-0.15, -0.1) is 0 Å². The molecule has 0 spiro atoms. The van der Waals surface area contributed by atoms with Crippen LogP contribution in [0.5, 0.6) is 0 Å². The van der Waals surface area contributed by atoms with Crippen molar-refractivity contribution in [3.05, 3.63) is 0 Å². The second kappa shape index (κ2) is 4.49. The lowest BCUT2D eigenvalue weighted by molar-refractivity contribution is -0.153. The first kappa shape index (κ1) is 15.4. The van der Waals surface area contributed by atoms with Gasteiger partial charge in [0.05, 0.1) is 11.2 Å². The molecule has 106 valence electrons. The van der Waals surface area contributed by atoms with E-state index in [1.165, 1.54) is 0 Å². The lowest BCUT2D eigenvalue weighted by Gasteiger charge is -2.43. The highest BCUT2D eigenvalue weighted by molar-refractivity contribution is 5.77. The number of likely N-dealkylation sites (N-methyl/N-ethyl adjacent to an activating group) is 1. The molecule has 1 N–H and O–H groups in total. The molecule has 0 radical (unpaired) electrons. The van der Waals surface area contributed by atoms with E-state index in [2.05, 4.69) is 13.8 Å². The minimum atomic E-state index is -0.875. The van der Waals surface area contributed by atoms with Gasteiger partial charge in [-0.1, -0.05) is 6.92 Å². The SMILES string of the molecule is CCN(C1CC(C)(C)OC1(C)C)C(C)(C)C(=O)O. The summed E-state index contributed by atoms with van der Waals surface area (Å²) in [5.74, 6) is -0.787. The van der Waals surface area contributed by atoms with Crippen LogP contribution in [0, 0.1) is 0 Å². The molecule has 0 aromatic carbocycles. The van der Waals surface area contributed by atoms with Crippen molar-refractivity contribution in [1.82, 2.24) is 4.90 Å². The maximum atomic E-state index is 11.5. The zero-order chi connectivity index (χ0) is 14.4. The summed E-state index contributed by atoms with van der Waals surface area (Å²) in [4.78, 5) is 13.5. The third kappa shape index (κ3) is 2.69. The Hall–Kier alpha value is -0.610. The van der Waals surface area contributed by atoms with Crippen LogP contribution in [-0.4, -0.2) is 45.3 Å². The highest BCUT2D eigenvalue weighted by Gasteiger charge is 2.52. The fourth-order valence-corrected chi connectivity index (χ4v) is 3.15. The molecule has 18 heavy (non-hydrogen) atoms. The van der Waals surface area contributed by atoms with Crippen molar-refractivity contribution in [2.75, 3.05) is 6.54 Å². The zero-order valence-electron chi connectivity index (χ0n) is 12.7. The van der Waals surface area contributed by atoms with Crippen molar-refractivity contribution in [1.29, 1.82) is 0 Å². The predicted octanol–water partition coefficient (Wildman–Crippen LogP) is 2.52. The number of carboxylic acid groups (broad SMARTS) is 1. The fourth-order valence-electron chi connectivity index (χ4n) is 3.15. The van der Waals surface area contributed by atoms with Gasteiger partial charge in [-0.2, -0.15) is 0 Å². The number of nitrogens with zero attached hydrogens (tertiary/aromatic N) is 1. The maximum Gasteiger partial charge on any atom is 0.323 e. The molecule has 0 aromatic heterocycles. The number of hydrogen-bond acceptors (Lipinski definition) is 3. The van der Waals surface area contributed by atoms with Crippen LogP contribution in [0.4, 0.5) is 0 Å². The van der Waals surface area contributed by atoms with Crippen LogP contribution < -0.4 is 0 Å². The summed E-state index contributed by atoms with van der Waals surface area (Å²) in [7, 11) is 0. The molecule has 0 amide bonds. The van der Waals surface area contributed by atoms with Crippen molar-refractivity contribution in [3.8, 4) is 0 Å². The first-order chi connectivity index (χ1) is 7.94. The van der Waals surface area contributed by atoms with E-state index in [0.717, 1.165) is 6.42 Å². The minimum absolute atomic E-state index is 0.114. The first-order valence-electron chi connectivity index (χ1n) is 6.64. The molecule has 1 aliphatic rings. The number of ether oxygens (including phenoxy) is 1. The Morgan fingerprint density at radius 1 is 1.39 bits per heavy atom. The van der Waals surface area contributed by atoms with E-state index in [9.17, 15) is 9.90 Å². The Bertz CT molecular complexity index is 334. The molecule has 4 heteroatoms. The van der Waals surface area contributed by atoms with E-state index in [1.807, 2.05) is 25.7 Å². The van der Waals surface area contributed by atoms with Gasteiger partial charge >= 0.3 is 5.97 Å². The topological polar surface area (TPSA) is 49.8 Å². The van der Waals surface area contributed by atoms with E-state index in [-0.39, 0.29) is 17.2 Å². The van der Waals surface area contributed by atoms with Gasteiger partial charge in [0.25, 0.3) is 0 Å². The minimum Gasteiger partial charge on any atom is -0.480 e. The quantitative estimate of drug-likeness (QED) is 0.840. The van der Waals surface area contributed by atoms with Crippen molar-refractivity contribution < 1.29 is 14.6 Å². The van der Waals surface area contributed by atoms with Crippen molar-refractivity contribution in [2.24, 2.45) is 0 Å². The van der Waals surface area contributed by atoms with Gasteiger partial charge in [-0.25, -0.2) is 0 Å². The van der Waals surface area contributed by atoms with Gasteiger partial charge in [-0.3, -0.25) is 9.69 Å². The second-order valence-electron chi connectivity index (χ2n) is 6.84. The largest absolute Gasteiger partial charge is 0.480 e. The van der Waals surface area contributed by atoms with Crippen LogP contribution >= 0.6 is 0 Å². The highest BCUT2D eigenvalue weighted by Crippen LogP contribution is 2.42. The molecule has 0 aromatic rings. The highest BCUT2D eigenvalue weighted by atomic mass is 16.5. The molecule has 0 bridgehead atoms. The van der Waals surface area contributed by atoms with Crippen LogP contribution in [0.15, 0.2) is 0 Å². The second-order valence-corrected chi connectivity index (χ2v) is 6.84. The Morgan fingerprint density at radius 3 is 2.17 bits per heavy atom. The Labute approximate surface area is 110 Å². The number of rotatable bonds is 4. The number of aliphatic carboxylic acids is 1. The summed E-state index contributed by atoms with van der Waals surface area (Å²) in [5, 5.41) is 9.42. The Morgan fingerprint density at radius 2 is 1.89 bits per heavy atom. The van der Waals surface area contributed by atoms with E-state index < -0.39 is 11.5 Å². The van der Waals surface area contributed by atoms with Crippen LogP contribution in [0.3, 0.4) is 0 Å². The first-order valence-corrected chi connectivity index (χ1v) is 6.64. The van der Waals surface area contributed by atoms with Crippen LogP contribution in [0.2, 0.25) is 0 Å². The molecule has 1 fully saturated rings. The van der Waals surface area contributed by atoms with E-state index in [0.29, 0.717) is 6.54 Å². The van der Waals surface area contributed by atoms with E-state index >= 15 is 0 Å². The van der Waals surface area contributed by atoms with Gasteiger partial charge in [-0.05, 0) is 54.5 Å². The monoisotopic (exact) mass is 257 g/mol. The smallest absolute Gasteiger partial charge is 0.323 e. The number of carboxylic acids is 1. The maximum absolute atomic E-state index is 11.5. The fraction of sp³-hybridized carbons (Fsp3) is 0.929. The average Bonchev–Trinajstić information content (AvgIpc) is 2.35. The normalized spacial score (nSPS) is 26.6. The van der Waals surface area contributed by atoms with Gasteiger partial charge < -0.3 is 9.84 Å². The third-order valence-corrected chi connectivity index (χ3v) is 3.99. The standard InChI is InChI=1S/C14H27NO3/c1-8-15(13(4,5)11(16)17)10-9-12(2,3)18-14(10,6)7/h10H,8-9H2,1-7H3,(H,16,17). The summed E-state index contributed by atoms with van der Waals surface area (Å²) in [6, 6.07) is 0.114. The number of hydrogen-bond donors (Lipinski definition) is 1. The van der Waals surface area contributed by atoms with Gasteiger partial charge in [0.2, 0.25) is 0 Å². The van der Waals surface area contributed by atoms with Crippen LogP contribution in [0.25, 0.3) is 0 Å². The predicted molar refractivity (Wildman–Crippen MR) is 71.7 cm³/mol. The lowest BCUT2D eigenvalue weighted by Crippen LogP contribution is -2.59. The Kier molecular flexibility index (Phi) is 3.86. The van der Waals surface area contributed by atoms with Crippen molar-refractivity contribution in [2.45, 2.75) is 77.7 Å². The summed E-state index contributed by atoms with van der Waals surface area (Å²) < 4.78 is 6.07. The number of carbonyl (C=O) groups is 1. The molecule has 1 saturated heterocycles. The van der Waals surface area contributed by atoms with E-state index in [1.54, 1.807) is 13.8 Å². The summed E-state index contributed by atoms with van der Waals surface area (Å²) >= 11 is 0. The zero-order valence-corrected chi connectivity index (χ0v) is 12.7. The molecule has 1 atom stereocenters. The third-order valence-electron chi connectivity index (χ3n) is 3.99. The van der Waals surface area contributed by atoms with Gasteiger partial charge in [0.15, 0.2) is 0 Å². The molecule has 1 unspecified atom stereocenters. The van der Waals surface area contributed by atoms with Gasteiger partial charge in [0, 0.05) is 6.04 Å². The van der Waals surface area contributed by atoms with Gasteiger partial charge in [0.1, 0.15) is 5.54 Å². The molecule has 4 nitrogen and oxygen atoms in total. The molecular formula is C14H27NO3. The lowest BCUT2D eigenvalue weighted by atomic mass is 9.88. The van der Waals surface area contributed by atoms with E-state index in [4.69, 9.17) is 4.74 Å². The average molecular weight is 257 g/mol. The van der Waals surface area contributed by atoms with Crippen LogP contribution in [-0.2, 0) is 9.53 Å². The molecular weight excluding hydrogens is 230 g/mol. The summed E-state index contributed by atoms with van der Waals surface area (Å²) in [5.41, 5.74) is -1.40. The Balaban J connectivity index is 3.07. The van der Waals surface area contributed by atoms with Crippen molar-refractivity contribution >= 4 is 5.97 Å². The molecule has 1 aliphatic heterocycles. The van der Waals surface area contributed by atoms with Crippen molar-refractivity contribution in [3.63, 3.8) is 0 Å². The summed E-state index contributed by atoms with van der Waals surface area (Å²) in [6.07, 6.45) is 0.852. The molecule has 1 rings (SSSR count).